The van der Waals surface area contributed by atoms with Crippen LogP contribution in [0.25, 0.3) is 0 Å². The van der Waals surface area contributed by atoms with Gasteiger partial charge in [-0.1, -0.05) is 28.9 Å². The van der Waals surface area contributed by atoms with Crippen molar-refractivity contribution in [2.45, 2.75) is 38.5 Å². The van der Waals surface area contributed by atoms with Gasteiger partial charge in [0.2, 0.25) is 0 Å². The van der Waals surface area contributed by atoms with Crippen molar-refractivity contribution < 1.29 is 5.11 Å². The Labute approximate surface area is 99.6 Å². The van der Waals surface area contributed by atoms with Crippen LogP contribution in [0.3, 0.4) is 0 Å². The Hall–Kier alpha value is -0.340. The third-order valence-electron chi connectivity index (χ3n) is 3.28. The molecule has 1 atom stereocenters. The van der Waals surface area contributed by atoms with Gasteiger partial charge < -0.3 is 5.11 Å². The Morgan fingerprint density at radius 3 is 2.80 bits per heavy atom. The molecule has 1 unspecified atom stereocenters. The van der Waals surface area contributed by atoms with E-state index in [1.54, 1.807) is 0 Å². The van der Waals surface area contributed by atoms with E-state index in [0.717, 1.165) is 0 Å². The van der Waals surface area contributed by atoms with Gasteiger partial charge in [-0.05, 0) is 48.4 Å². The lowest BCUT2D eigenvalue weighted by Gasteiger charge is -2.20. The highest BCUT2D eigenvalue weighted by Gasteiger charge is 2.15. The Balaban J connectivity index is 2.40. The summed E-state index contributed by atoms with van der Waals surface area (Å²) < 4.78 is 1.23. The molecule has 0 fully saturated rings. The summed E-state index contributed by atoms with van der Waals surface area (Å²) in [7, 11) is 0. The SMILES string of the molecule is CC(CO)c1cc(Br)c2c(c1)CCCC2. The number of hydrogen-bond acceptors (Lipinski definition) is 1. The molecular weight excluding hydrogens is 252 g/mol. The molecular formula is C13H17BrO. The fraction of sp³-hybridized carbons (Fsp3) is 0.538. The van der Waals surface area contributed by atoms with E-state index in [0.29, 0.717) is 0 Å². The molecule has 1 aliphatic carbocycles. The number of halogens is 1. The van der Waals surface area contributed by atoms with E-state index in [-0.39, 0.29) is 12.5 Å². The molecule has 1 aromatic rings. The van der Waals surface area contributed by atoms with E-state index < -0.39 is 0 Å². The van der Waals surface area contributed by atoms with Crippen molar-refractivity contribution in [3.05, 3.63) is 33.3 Å². The molecule has 0 aliphatic heterocycles. The molecule has 2 heteroatoms. The Morgan fingerprint density at radius 1 is 1.33 bits per heavy atom. The van der Waals surface area contributed by atoms with Crippen LogP contribution in [0.15, 0.2) is 16.6 Å². The lowest BCUT2D eigenvalue weighted by molar-refractivity contribution is 0.273. The zero-order chi connectivity index (χ0) is 10.8. The minimum absolute atomic E-state index is 0.227. The topological polar surface area (TPSA) is 20.2 Å². The second kappa shape index (κ2) is 4.67. The Bertz CT molecular complexity index is 360. The van der Waals surface area contributed by atoms with Crippen molar-refractivity contribution in [2.75, 3.05) is 6.61 Å². The molecule has 0 amide bonds. The Morgan fingerprint density at radius 2 is 2.07 bits per heavy atom. The molecule has 0 saturated carbocycles. The van der Waals surface area contributed by atoms with E-state index in [9.17, 15) is 0 Å². The van der Waals surface area contributed by atoms with Crippen LogP contribution in [0.4, 0.5) is 0 Å². The van der Waals surface area contributed by atoms with Gasteiger partial charge in [0.1, 0.15) is 0 Å². The lowest BCUT2D eigenvalue weighted by atomic mass is 9.88. The fourth-order valence-corrected chi connectivity index (χ4v) is 2.94. The first-order valence-electron chi connectivity index (χ1n) is 5.64. The summed E-state index contributed by atoms with van der Waals surface area (Å²) in [6, 6.07) is 4.45. The van der Waals surface area contributed by atoms with Crippen molar-refractivity contribution in [1.29, 1.82) is 0 Å². The molecule has 0 bridgehead atoms. The molecule has 1 aliphatic rings. The van der Waals surface area contributed by atoms with Crippen LogP contribution in [-0.4, -0.2) is 11.7 Å². The largest absolute Gasteiger partial charge is 0.396 e. The zero-order valence-corrected chi connectivity index (χ0v) is 10.7. The van der Waals surface area contributed by atoms with E-state index in [1.807, 2.05) is 0 Å². The quantitative estimate of drug-likeness (QED) is 0.872. The third-order valence-corrected chi connectivity index (χ3v) is 3.98. The van der Waals surface area contributed by atoms with Crippen molar-refractivity contribution in [3.8, 4) is 0 Å². The first kappa shape index (κ1) is 11.2. The second-order valence-electron chi connectivity index (χ2n) is 4.43. The van der Waals surface area contributed by atoms with Crippen LogP contribution < -0.4 is 0 Å². The van der Waals surface area contributed by atoms with Crippen LogP contribution in [0, 0.1) is 0 Å². The number of aryl methyl sites for hydroxylation is 1. The predicted molar refractivity (Wildman–Crippen MR) is 66.3 cm³/mol. The molecule has 0 aromatic heterocycles. The second-order valence-corrected chi connectivity index (χ2v) is 5.29. The summed E-state index contributed by atoms with van der Waals surface area (Å²) in [6.45, 7) is 2.29. The maximum Gasteiger partial charge on any atom is 0.0497 e. The van der Waals surface area contributed by atoms with Crippen molar-refractivity contribution in [2.24, 2.45) is 0 Å². The van der Waals surface area contributed by atoms with Crippen LogP contribution >= 0.6 is 15.9 Å². The first-order chi connectivity index (χ1) is 7.22. The van der Waals surface area contributed by atoms with E-state index in [4.69, 9.17) is 5.11 Å². The van der Waals surface area contributed by atoms with E-state index in [1.165, 1.54) is 46.8 Å². The van der Waals surface area contributed by atoms with Crippen molar-refractivity contribution in [3.63, 3.8) is 0 Å². The minimum atomic E-state index is 0.227. The molecule has 1 nitrogen and oxygen atoms in total. The van der Waals surface area contributed by atoms with Crippen LogP contribution in [0.1, 0.15) is 42.4 Å². The van der Waals surface area contributed by atoms with Gasteiger partial charge in [-0.25, -0.2) is 0 Å². The van der Waals surface area contributed by atoms with E-state index in [2.05, 4.69) is 35.0 Å². The highest BCUT2D eigenvalue weighted by atomic mass is 79.9. The van der Waals surface area contributed by atoms with Gasteiger partial charge in [0.05, 0.1) is 0 Å². The number of aliphatic hydroxyl groups is 1. The number of aliphatic hydroxyl groups excluding tert-OH is 1. The zero-order valence-electron chi connectivity index (χ0n) is 9.09. The number of benzene rings is 1. The molecule has 2 rings (SSSR count). The number of rotatable bonds is 2. The molecule has 15 heavy (non-hydrogen) atoms. The molecule has 1 aromatic carbocycles. The first-order valence-corrected chi connectivity index (χ1v) is 6.43. The average molecular weight is 269 g/mol. The number of fused-ring (bicyclic) bond motifs is 1. The van der Waals surface area contributed by atoms with Crippen molar-refractivity contribution in [1.82, 2.24) is 0 Å². The summed E-state index contributed by atoms with van der Waals surface area (Å²) in [5, 5.41) is 9.17. The standard InChI is InChI=1S/C13H17BrO/c1-9(8-15)11-6-10-4-2-3-5-12(10)13(14)7-11/h6-7,9,15H,2-5,8H2,1H3. The highest BCUT2D eigenvalue weighted by Crippen LogP contribution is 2.31. The molecule has 0 spiro atoms. The molecule has 0 radical (unpaired) electrons. The van der Waals surface area contributed by atoms with Gasteiger partial charge in [-0.2, -0.15) is 0 Å². The highest BCUT2D eigenvalue weighted by molar-refractivity contribution is 9.10. The number of hydrogen-bond donors (Lipinski definition) is 1. The molecule has 0 heterocycles. The van der Waals surface area contributed by atoms with Crippen molar-refractivity contribution >= 4 is 15.9 Å². The fourth-order valence-electron chi connectivity index (χ4n) is 2.23. The monoisotopic (exact) mass is 268 g/mol. The van der Waals surface area contributed by atoms with Gasteiger partial charge in [0, 0.05) is 17.0 Å². The lowest BCUT2D eigenvalue weighted by Crippen LogP contribution is -2.07. The summed E-state index contributed by atoms with van der Waals surface area (Å²) in [4.78, 5) is 0. The van der Waals surface area contributed by atoms with Crippen LogP contribution in [-0.2, 0) is 12.8 Å². The smallest absolute Gasteiger partial charge is 0.0497 e. The summed E-state index contributed by atoms with van der Waals surface area (Å²) >= 11 is 3.65. The van der Waals surface area contributed by atoms with Gasteiger partial charge in [0.25, 0.3) is 0 Å². The van der Waals surface area contributed by atoms with Gasteiger partial charge >= 0.3 is 0 Å². The maximum atomic E-state index is 9.17. The third kappa shape index (κ3) is 2.26. The molecule has 0 saturated heterocycles. The minimum Gasteiger partial charge on any atom is -0.396 e. The normalized spacial score (nSPS) is 17.3. The summed E-state index contributed by atoms with van der Waals surface area (Å²) in [5.74, 6) is 0.244. The molecule has 82 valence electrons. The predicted octanol–water partition coefficient (Wildman–Crippen LogP) is 3.42. The Kier molecular flexibility index (Phi) is 3.47. The van der Waals surface area contributed by atoms with Gasteiger partial charge in [-0.15, -0.1) is 0 Å². The average Bonchev–Trinajstić information content (AvgIpc) is 2.28. The van der Waals surface area contributed by atoms with E-state index >= 15 is 0 Å². The van der Waals surface area contributed by atoms with Crippen LogP contribution in [0.5, 0.6) is 0 Å². The van der Waals surface area contributed by atoms with Crippen LogP contribution in [0.2, 0.25) is 0 Å². The summed E-state index contributed by atoms with van der Waals surface area (Å²) in [6.07, 6.45) is 5.00. The maximum absolute atomic E-state index is 9.17. The summed E-state index contributed by atoms with van der Waals surface area (Å²) in [5.41, 5.74) is 4.21. The molecule has 1 N–H and O–H groups in total. The van der Waals surface area contributed by atoms with Gasteiger partial charge in [0.15, 0.2) is 0 Å². The van der Waals surface area contributed by atoms with Gasteiger partial charge in [-0.3, -0.25) is 0 Å².